The van der Waals surface area contributed by atoms with Crippen molar-refractivity contribution in [3.8, 4) is 0 Å². The molecule has 0 amide bonds. The van der Waals surface area contributed by atoms with Gasteiger partial charge in [0.25, 0.3) is 0 Å². The first-order valence-electron chi connectivity index (χ1n) is 6.96. The summed E-state index contributed by atoms with van der Waals surface area (Å²) < 4.78 is 28.9. The van der Waals surface area contributed by atoms with Gasteiger partial charge in [0.1, 0.15) is 4.90 Å². The second-order valence-electron chi connectivity index (χ2n) is 6.10. The summed E-state index contributed by atoms with van der Waals surface area (Å²) in [5, 5.41) is 3.92. The van der Waals surface area contributed by atoms with Crippen LogP contribution in [0.15, 0.2) is 17.3 Å². The monoisotopic (exact) mass is 283 g/mol. The molecule has 2 bridgehead atoms. The summed E-state index contributed by atoms with van der Waals surface area (Å²) in [6, 6.07) is 0.0144. The highest BCUT2D eigenvalue weighted by Gasteiger charge is 2.42. The third kappa shape index (κ3) is 2.43. The summed E-state index contributed by atoms with van der Waals surface area (Å²) >= 11 is 0. The maximum Gasteiger partial charge on any atom is 0.243 e. The molecule has 0 spiro atoms. The van der Waals surface area contributed by atoms with Crippen molar-refractivity contribution in [3.63, 3.8) is 0 Å². The lowest BCUT2D eigenvalue weighted by Crippen LogP contribution is -2.39. The average molecular weight is 283 g/mol. The van der Waals surface area contributed by atoms with Crippen LogP contribution in [-0.2, 0) is 17.1 Å². The van der Waals surface area contributed by atoms with E-state index >= 15 is 0 Å². The maximum atomic E-state index is 12.3. The smallest absolute Gasteiger partial charge is 0.243 e. The van der Waals surface area contributed by atoms with Gasteiger partial charge in [-0.2, -0.15) is 5.10 Å². The van der Waals surface area contributed by atoms with Crippen molar-refractivity contribution >= 4 is 10.0 Å². The van der Waals surface area contributed by atoms with Crippen LogP contribution in [0.5, 0.6) is 0 Å². The molecule has 6 heteroatoms. The fourth-order valence-electron chi connectivity index (χ4n) is 3.84. The zero-order valence-electron chi connectivity index (χ0n) is 11.4. The van der Waals surface area contributed by atoms with Gasteiger partial charge in [-0.25, -0.2) is 13.1 Å². The molecular formula is C13H21N3O2S. The van der Waals surface area contributed by atoms with E-state index in [2.05, 4.69) is 9.82 Å². The molecule has 2 aliphatic rings. The molecular weight excluding hydrogens is 262 g/mol. The standard InChI is InChI=1S/C13H21N3O2S/c1-9(13-6-10-3-4-11(13)5-10)15-19(17,18)12-7-14-16(2)8-12/h7-11,13,15H,3-6H2,1-2H3. The van der Waals surface area contributed by atoms with E-state index < -0.39 is 10.0 Å². The van der Waals surface area contributed by atoms with Crippen LogP contribution < -0.4 is 4.72 Å². The number of rotatable bonds is 4. The number of aryl methyl sites for hydroxylation is 1. The number of fused-ring (bicyclic) bond motifs is 2. The summed E-state index contributed by atoms with van der Waals surface area (Å²) in [7, 11) is -1.71. The number of nitrogens with zero attached hydrogens (tertiary/aromatic N) is 2. The van der Waals surface area contributed by atoms with E-state index in [0.717, 1.165) is 11.8 Å². The highest BCUT2D eigenvalue weighted by molar-refractivity contribution is 7.89. The minimum Gasteiger partial charge on any atom is -0.274 e. The summed E-state index contributed by atoms with van der Waals surface area (Å²) in [6.45, 7) is 2.00. The van der Waals surface area contributed by atoms with Crippen molar-refractivity contribution in [2.75, 3.05) is 0 Å². The first-order chi connectivity index (χ1) is 8.95. The fourth-order valence-corrected chi connectivity index (χ4v) is 5.12. The van der Waals surface area contributed by atoms with Gasteiger partial charge in [-0.05, 0) is 43.9 Å². The third-order valence-corrected chi connectivity index (χ3v) is 6.28. The summed E-state index contributed by atoms with van der Waals surface area (Å²) in [5.74, 6) is 2.06. The highest BCUT2D eigenvalue weighted by Crippen LogP contribution is 2.49. The second kappa shape index (κ2) is 4.59. The minimum atomic E-state index is -3.43. The molecule has 0 saturated heterocycles. The molecule has 2 aliphatic carbocycles. The third-order valence-electron chi connectivity index (χ3n) is 4.77. The van der Waals surface area contributed by atoms with E-state index in [1.165, 1.54) is 42.8 Å². The SMILES string of the molecule is CC(NS(=O)(=O)c1cnn(C)c1)C1CC2CCC1C2. The molecule has 1 heterocycles. The Morgan fingerprint density at radius 3 is 2.74 bits per heavy atom. The molecule has 1 aromatic rings. The molecule has 19 heavy (non-hydrogen) atoms. The van der Waals surface area contributed by atoms with Crippen LogP contribution in [0, 0.1) is 17.8 Å². The normalized spacial score (nSPS) is 31.8. The van der Waals surface area contributed by atoms with Gasteiger partial charge in [-0.15, -0.1) is 0 Å². The van der Waals surface area contributed by atoms with E-state index in [1.807, 2.05) is 6.92 Å². The Morgan fingerprint density at radius 1 is 1.42 bits per heavy atom. The van der Waals surface area contributed by atoms with Crippen LogP contribution >= 0.6 is 0 Å². The Morgan fingerprint density at radius 2 is 2.21 bits per heavy atom. The van der Waals surface area contributed by atoms with E-state index in [-0.39, 0.29) is 10.9 Å². The van der Waals surface area contributed by atoms with Crippen LogP contribution in [0.1, 0.15) is 32.6 Å². The molecule has 0 aliphatic heterocycles. The van der Waals surface area contributed by atoms with Crippen molar-refractivity contribution in [3.05, 3.63) is 12.4 Å². The molecule has 0 radical (unpaired) electrons. The largest absolute Gasteiger partial charge is 0.274 e. The molecule has 4 unspecified atom stereocenters. The van der Waals surface area contributed by atoms with E-state index in [4.69, 9.17) is 0 Å². The Kier molecular flexibility index (Phi) is 3.17. The van der Waals surface area contributed by atoms with Crippen molar-refractivity contribution in [1.29, 1.82) is 0 Å². The second-order valence-corrected chi connectivity index (χ2v) is 7.81. The molecule has 1 N–H and O–H groups in total. The summed E-state index contributed by atoms with van der Waals surface area (Å²) in [4.78, 5) is 0.255. The Labute approximate surface area is 114 Å². The zero-order chi connectivity index (χ0) is 13.6. The molecule has 5 nitrogen and oxygen atoms in total. The Hall–Kier alpha value is -0.880. The predicted octanol–water partition coefficient (Wildman–Crippen LogP) is 1.52. The van der Waals surface area contributed by atoms with Gasteiger partial charge in [0, 0.05) is 19.3 Å². The van der Waals surface area contributed by atoms with E-state index in [9.17, 15) is 8.42 Å². The van der Waals surface area contributed by atoms with Crippen molar-refractivity contribution < 1.29 is 8.42 Å². The predicted molar refractivity (Wildman–Crippen MR) is 71.9 cm³/mol. The average Bonchev–Trinajstić information content (AvgIpc) is 3.02. The van der Waals surface area contributed by atoms with Gasteiger partial charge in [0.2, 0.25) is 10.0 Å². The maximum absolute atomic E-state index is 12.3. The van der Waals surface area contributed by atoms with Gasteiger partial charge in [-0.1, -0.05) is 6.42 Å². The minimum absolute atomic E-state index is 0.0144. The topological polar surface area (TPSA) is 64.0 Å². The molecule has 3 rings (SSSR count). The van der Waals surface area contributed by atoms with Gasteiger partial charge < -0.3 is 0 Å². The number of hydrogen-bond donors (Lipinski definition) is 1. The molecule has 1 aromatic heterocycles. The number of nitrogens with one attached hydrogen (secondary N) is 1. The lowest BCUT2D eigenvalue weighted by Gasteiger charge is -2.28. The van der Waals surface area contributed by atoms with Crippen LogP contribution in [0.25, 0.3) is 0 Å². The van der Waals surface area contributed by atoms with Crippen LogP contribution in [-0.4, -0.2) is 24.2 Å². The van der Waals surface area contributed by atoms with Gasteiger partial charge >= 0.3 is 0 Å². The number of hydrogen-bond acceptors (Lipinski definition) is 3. The summed E-state index contributed by atoms with van der Waals surface area (Å²) in [6.07, 6.45) is 8.02. The first-order valence-corrected chi connectivity index (χ1v) is 8.45. The number of sulfonamides is 1. The molecule has 0 aromatic carbocycles. The Balaban J connectivity index is 1.71. The quantitative estimate of drug-likeness (QED) is 0.911. The number of aromatic nitrogens is 2. The van der Waals surface area contributed by atoms with Crippen molar-refractivity contribution in [1.82, 2.24) is 14.5 Å². The van der Waals surface area contributed by atoms with Gasteiger partial charge in [0.05, 0.1) is 6.20 Å². The van der Waals surface area contributed by atoms with E-state index in [1.54, 1.807) is 7.05 Å². The molecule has 2 saturated carbocycles. The molecule has 4 atom stereocenters. The zero-order valence-corrected chi connectivity index (χ0v) is 12.2. The van der Waals surface area contributed by atoms with Crippen LogP contribution in [0.4, 0.5) is 0 Å². The molecule has 2 fully saturated rings. The van der Waals surface area contributed by atoms with Crippen LogP contribution in [0.3, 0.4) is 0 Å². The Bertz CT molecular complexity index is 566. The molecule has 106 valence electrons. The van der Waals surface area contributed by atoms with Crippen molar-refractivity contribution in [2.24, 2.45) is 24.8 Å². The lowest BCUT2D eigenvalue weighted by molar-refractivity contribution is 0.280. The highest BCUT2D eigenvalue weighted by atomic mass is 32.2. The van der Waals surface area contributed by atoms with E-state index in [0.29, 0.717) is 5.92 Å². The van der Waals surface area contributed by atoms with Crippen molar-refractivity contribution in [2.45, 2.75) is 43.5 Å². The summed E-state index contributed by atoms with van der Waals surface area (Å²) in [5.41, 5.74) is 0. The van der Waals surface area contributed by atoms with Gasteiger partial charge in [-0.3, -0.25) is 4.68 Å². The lowest BCUT2D eigenvalue weighted by atomic mass is 9.84. The van der Waals surface area contributed by atoms with Gasteiger partial charge in [0.15, 0.2) is 0 Å². The fraction of sp³-hybridized carbons (Fsp3) is 0.769. The van der Waals surface area contributed by atoms with Crippen LogP contribution in [0.2, 0.25) is 0 Å². The first kappa shape index (κ1) is 13.1.